The van der Waals surface area contributed by atoms with Crippen LogP contribution in [-0.4, -0.2) is 70.0 Å². The number of allylic oxidation sites excluding steroid dienone is 8. The minimum atomic E-state index is -4.64. The zero-order valence-electron chi connectivity index (χ0n) is 38.7. The van der Waals surface area contributed by atoms with Crippen molar-refractivity contribution in [1.82, 2.24) is 0 Å². The van der Waals surface area contributed by atoms with Crippen molar-refractivity contribution in [2.24, 2.45) is 0 Å². The molecule has 0 amide bonds. The molecule has 0 aliphatic rings. The number of hydrogen-bond acceptors (Lipinski definition) is 8. The third-order valence-corrected chi connectivity index (χ3v) is 11.1. The Morgan fingerprint density at radius 2 is 0.932 bits per heavy atom. The number of likely N-dealkylation sites (N-methyl/N-ethyl adjacent to an activating group) is 1. The van der Waals surface area contributed by atoms with Gasteiger partial charge in [-0.05, 0) is 51.4 Å². The van der Waals surface area contributed by atoms with E-state index in [2.05, 4.69) is 56.4 Å². The van der Waals surface area contributed by atoms with Gasteiger partial charge in [0.25, 0.3) is 7.82 Å². The van der Waals surface area contributed by atoms with Gasteiger partial charge in [0.1, 0.15) is 19.8 Å². The fourth-order valence-electron chi connectivity index (χ4n) is 6.35. The molecule has 9 nitrogen and oxygen atoms in total. The smallest absolute Gasteiger partial charge is 0.306 e. The summed E-state index contributed by atoms with van der Waals surface area (Å²) in [6, 6.07) is 0. The lowest BCUT2D eigenvalue weighted by atomic mass is 10.0. The van der Waals surface area contributed by atoms with Gasteiger partial charge < -0.3 is 27.9 Å². The molecule has 344 valence electrons. The molecule has 0 N–H and O–H groups in total. The summed E-state index contributed by atoms with van der Waals surface area (Å²) in [5.41, 5.74) is 0. The summed E-state index contributed by atoms with van der Waals surface area (Å²) in [5.74, 6) is -0.895. The first-order valence-electron chi connectivity index (χ1n) is 23.8. The first kappa shape index (κ1) is 57.0. The minimum Gasteiger partial charge on any atom is -0.756 e. The Kier molecular flexibility index (Phi) is 39.9. The summed E-state index contributed by atoms with van der Waals surface area (Å²) < 4.78 is 33.9. The quantitative estimate of drug-likeness (QED) is 0.0196. The van der Waals surface area contributed by atoms with Crippen molar-refractivity contribution in [3.63, 3.8) is 0 Å². The fourth-order valence-corrected chi connectivity index (χ4v) is 7.08. The molecule has 0 aliphatic carbocycles. The predicted octanol–water partition coefficient (Wildman–Crippen LogP) is 13.2. The van der Waals surface area contributed by atoms with Crippen LogP contribution in [0.5, 0.6) is 0 Å². The number of unbranched alkanes of at least 4 members (excludes halogenated alkanes) is 21. The molecule has 1 unspecified atom stereocenters. The van der Waals surface area contributed by atoms with E-state index < -0.39 is 32.5 Å². The Morgan fingerprint density at radius 1 is 0.525 bits per heavy atom. The van der Waals surface area contributed by atoms with Crippen LogP contribution < -0.4 is 4.89 Å². The van der Waals surface area contributed by atoms with Gasteiger partial charge >= 0.3 is 11.9 Å². The molecule has 0 aromatic carbocycles. The van der Waals surface area contributed by atoms with Gasteiger partial charge in [-0.2, -0.15) is 0 Å². The molecule has 59 heavy (non-hydrogen) atoms. The molecule has 0 saturated heterocycles. The van der Waals surface area contributed by atoms with E-state index in [0.717, 1.165) is 38.5 Å². The maximum Gasteiger partial charge on any atom is 0.306 e. The second-order valence-electron chi connectivity index (χ2n) is 17.1. The van der Waals surface area contributed by atoms with Gasteiger partial charge in [-0.1, -0.05) is 184 Å². The Labute approximate surface area is 363 Å². The highest BCUT2D eigenvalue weighted by molar-refractivity contribution is 7.45. The molecule has 0 rings (SSSR count). The van der Waals surface area contributed by atoms with Gasteiger partial charge in [-0.25, -0.2) is 0 Å². The molecule has 0 aliphatic heterocycles. The zero-order chi connectivity index (χ0) is 43.6. The van der Waals surface area contributed by atoms with Gasteiger partial charge in [-0.15, -0.1) is 0 Å². The molecule has 0 spiro atoms. The van der Waals surface area contributed by atoms with E-state index >= 15 is 0 Å². The maximum atomic E-state index is 12.7. The molecular formula is C49H90NO8P. The molecule has 0 fully saturated rings. The number of hydrogen-bond donors (Lipinski definition) is 0. The minimum absolute atomic E-state index is 0.0411. The van der Waals surface area contributed by atoms with Crippen molar-refractivity contribution >= 4 is 19.8 Å². The van der Waals surface area contributed by atoms with Crippen LogP contribution in [0.25, 0.3) is 0 Å². The van der Waals surface area contributed by atoms with Gasteiger partial charge in [0.2, 0.25) is 0 Å². The van der Waals surface area contributed by atoms with Crippen LogP contribution in [0.15, 0.2) is 48.6 Å². The first-order chi connectivity index (χ1) is 28.5. The number of rotatable bonds is 43. The summed E-state index contributed by atoms with van der Waals surface area (Å²) >= 11 is 0. The lowest BCUT2D eigenvalue weighted by molar-refractivity contribution is -0.870. The average molecular weight is 852 g/mol. The van der Waals surface area contributed by atoms with Gasteiger partial charge in [0.05, 0.1) is 27.7 Å². The van der Waals surface area contributed by atoms with E-state index in [9.17, 15) is 19.0 Å². The van der Waals surface area contributed by atoms with Crippen molar-refractivity contribution in [1.29, 1.82) is 0 Å². The second kappa shape index (κ2) is 41.3. The predicted molar refractivity (Wildman–Crippen MR) is 245 cm³/mol. The fraction of sp³-hybridized carbons (Fsp3) is 0.796. The largest absolute Gasteiger partial charge is 0.756 e. The Balaban J connectivity index is 4.38. The summed E-state index contributed by atoms with van der Waals surface area (Å²) in [6.07, 6.45) is 48.6. The number of nitrogens with zero attached hydrogens (tertiary/aromatic N) is 1. The van der Waals surface area contributed by atoms with Crippen LogP contribution >= 0.6 is 7.82 Å². The molecule has 10 heteroatoms. The Morgan fingerprint density at radius 3 is 1.41 bits per heavy atom. The number of ether oxygens (including phenoxy) is 2. The van der Waals surface area contributed by atoms with Crippen LogP contribution in [0.4, 0.5) is 0 Å². The lowest BCUT2D eigenvalue weighted by Gasteiger charge is -2.28. The third kappa shape index (κ3) is 45.3. The second-order valence-corrected chi connectivity index (χ2v) is 18.5. The van der Waals surface area contributed by atoms with Gasteiger partial charge in [-0.3, -0.25) is 14.2 Å². The summed E-state index contributed by atoms with van der Waals surface area (Å²) in [7, 11) is 1.13. The Hall–Kier alpha value is -2.03. The summed E-state index contributed by atoms with van der Waals surface area (Å²) in [4.78, 5) is 37.6. The third-order valence-electron chi connectivity index (χ3n) is 10.1. The van der Waals surface area contributed by atoms with E-state index in [1.807, 2.05) is 27.2 Å². The van der Waals surface area contributed by atoms with Crippen LogP contribution in [-0.2, 0) is 32.7 Å². The number of phosphoric ester groups is 1. The SMILES string of the molecule is CCCCC/C=C/C/C=C/C/C=C/C/C=C/CCCC(=O)O[C@H](COC(=O)CCCCCCCCCCCCCCCCCCCC)COP(=O)([O-])OCC[N+](C)(C)C. The van der Waals surface area contributed by atoms with E-state index in [1.165, 1.54) is 122 Å². The molecule has 0 radical (unpaired) electrons. The van der Waals surface area contributed by atoms with Gasteiger partial charge in [0, 0.05) is 12.8 Å². The van der Waals surface area contributed by atoms with Crippen molar-refractivity contribution in [3.8, 4) is 0 Å². The average Bonchev–Trinajstić information content (AvgIpc) is 3.19. The summed E-state index contributed by atoms with van der Waals surface area (Å²) in [5, 5.41) is 0. The molecule has 0 heterocycles. The van der Waals surface area contributed by atoms with Gasteiger partial charge in [0.15, 0.2) is 6.10 Å². The molecule has 0 aromatic heterocycles. The molecule has 0 saturated carbocycles. The van der Waals surface area contributed by atoms with Crippen LogP contribution in [0, 0.1) is 0 Å². The van der Waals surface area contributed by atoms with Crippen molar-refractivity contribution in [3.05, 3.63) is 48.6 Å². The Bertz CT molecular complexity index is 1150. The van der Waals surface area contributed by atoms with Crippen LogP contribution in [0.2, 0.25) is 0 Å². The topological polar surface area (TPSA) is 111 Å². The number of phosphoric acid groups is 1. The van der Waals surface area contributed by atoms with Crippen LogP contribution in [0.3, 0.4) is 0 Å². The van der Waals surface area contributed by atoms with E-state index in [-0.39, 0.29) is 26.1 Å². The number of quaternary nitrogens is 1. The monoisotopic (exact) mass is 852 g/mol. The number of esters is 2. The highest BCUT2D eigenvalue weighted by Gasteiger charge is 2.21. The number of carbonyl (C=O) groups is 2. The first-order valence-corrected chi connectivity index (χ1v) is 25.3. The molecular weight excluding hydrogens is 762 g/mol. The lowest BCUT2D eigenvalue weighted by Crippen LogP contribution is -2.37. The molecule has 0 aromatic rings. The van der Waals surface area contributed by atoms with Crippen LogP contribution in [0.1, 0.15) is 200 Å². The zero-order valence-corrected chi connectivity index (χ0v) is 39.6. The number of carbonyl (C=O) groups excluding carboxylic acids is 2. The highest BCUT2D eigenvalue weighted by Crippen LogP contribution is 2.38. The van der Waals surface area contributed by atoms with E-state index in [4.69, 9.17) is 18.5 Å². The molecule has 0 bridgehead atoms. The summed E-state index contributed by atoms with van der Waals surface area (Å²) in [6.45, 7) is 4.15. The highest BCUT2D eigenvalue weighted by atomic mass is 31.2. The molecule has 2 atom stereocenters. The standard InChI is InChI=1S/C49H90NO8P/c1-6-8-10-12-14-16-18-20-22-24-26-27-29-31-33-35-37-39-41-48(51)55-45-47(46-57-59(53,54)56-44-43-50(3,4)5)58-49(52)42-40-38-36-34-32-30-28-25-23-21-19-17-15-13-11-9-7-2/h15,17,21,23,28,30,34,36,47H,6-14,16,18-20,22,24-27,29,31-33,35,37-46H2,1-5H3/b17-15+,23-21+,30-28+,36-34+/t47-/m1/s1. The van der Waals surface area contributed by atoms with E-state index in [1.54, 1.807) is 0 Å². The normalized spacial score (nSPS) is 13.9. The van der Waals surface area contributed by atoms with Crippen molar-refractivity contribution in [2.45, 2.75) is 206 Å². The van der Waals surface area contributed by atoms with Crippen molar-refractivity contribution in [2.75, 3.05) is 47.5 Å². The van der Waals surface area contributed by atoms with Crippen molar-refractivity contribution < 1.29 is 42.1 Å². The van der Waals surface area contributed by atoms with E-state index in [0.29, 0.717) is 23.9 Å². The maximum absolute atomic E-state index is 12.7.